The van der Waals surface area contributed by atoms with Crippen LogP contribution in [0, 0.1) is 5.82 Å². The molecule has 3 N–H and O–H groups in total. The minimum Gasteiger partial charge on any atom is -0.452 e. The number of carbonyl (C=O) groups excluding carboxylic acids is 1. The number of amides is 2. The molecule has 10 nitrogen and oxygen atoms in total. The Labute approximate surface area is 209 Å². The molecule has 184 valence electrons. The number of hydrogen-bond acceptors (Lipinski definition) is 6. The maximum absolute atomic E-state index is 14.8. The van der Waals surface area contributed by atoms with E-state index in [2.05, 4.69) is 37.3 Å². The van der Waals surface area contributed by atoms with Gasteiger partial charge in [-0.05, 0) is 36.8 Å². The van der Waals surface area contributed by atoms with Crippen molar-refractivity contribution in [2.75, 3.05) is 10.6 Å². The number of ether oxygens (including phenoxy) is 1. The summed E-state index contributed by atoms with van der Waals surface area (Å²) in [7, 11) is 0. The monoisotopic (exact) mass is 497 g/mol. The molecule has 0 aliphatic carbocycles. The van der Waals surface area contributed by atoms with Crippen LogP contribution in [0.3, 0.4) is 0 Å². The fourth-order valence-electron chi connectivity index (χ4n) is 3.51. The highest BCUT2D eigenvalue weighted by atomic mass is 19.1. The molecule has 11 heteroatoms. The van der Waals surface area contributed by atoms with Gasteiger partial charge in [-0.3, -0.25) is 10.1 Å². The molecule has 0 saturated carbocycles. The van der Waals surface area contributed by atoms with Crippen molar-refractivity contribution in [3.63, 3.8) is 0 Å². The number of aromatic nitrogens is 5. The third-order valence-corrected chi connectivity index (χ3v) is 5.24. The fourth-order valence-corrected chi connectivity index (χ4v) is 3.51. The Bertz CT molecular complexity index is 1700. The third-order valence-electron chi connectivity index (χ3n) is 5.24. The molecule has 3 aromatic heterocycles. The third kappa shape index (κ3) is 5.05. The number of carbonyl (C=O) groups is 1. The summed E-state index contributed by atoms with van der Waals surface area (Å²) in [5, 5.41) is 9.85. The van der Waals surface area contributed by atoms with E-state index in [-0.39, 0.29) is 28.4 Å². The van der Waals surface area contributed by atoms with Gasteiger partial charge in [0.05, 0.1) is 17.6 Å². The van der Waals surface area contributed by atoms with Crippen LogP contribution in [0.25, 0.3) is 22.4 Å². The summed E-state index contributed by atoms with van der Waals surface area (Å²) in [4.78, 5) is 34.8. The van der Waals surface area contributed by atoms with Gasteiger partial charge in [0.25, 0.3) is 5.56 Å². The SMILES string of the molecule is C=C(C)c1cc(NC(=O)Nc2ccc(Oc3ccnc4[nH]c(=O)cnc34)c(F)c2)n(-c2ccccc2)n1. The van der Waals surface area contributed by atoms with Crippen molar-refractivity contribution in [3.8, 4) is 17.2 Å². The van der Waals surface area contributed by atoms with E-state index in [9.17, 15) is 14.0 Å². The van der Waals surface area contributed by atoms with Crippen molar-refractivity contribution in [1.82, 2.24) is 24.7 Å². The maximum Gasteiger partial charge on any atom is 0.324 e. The second-order valence-electron chi connectivity index (χ2n) is 8.02. The number of urea groups is 1. The van der Waals surface area contributed by atoms with E-state index < -0.39 is 17.4 Å². The molecule has 2 aromatic carbocycles. The number of pyridine rings is 1. The molecule has 0 radical (unpaired) electrons. The highest BCUT2D eigenvalue weighted by molar-refractivity contribution is 5.99. The maximum atomic E-state index is 14.8. The van der Waals surface area contributed by atoms with Gasteiger partial charge in [-0.2, -0.15) is 5.10 Å². The minimum atomic E-state index is -0.717. The van der Waals surface area contributed by atoms with Crippen molar-refractivity contribution in [3.05, 3.63) is 102 Å². The number of anilines is 2. The van der Waals surface area contributed by atoms with E-state index in [1.165, 1.54) is 24.4 Å². The molecule has 0 aliphatic heterocycles. The van der Waals surface area contributed by atoms with Gasteiger partial charge < -0.3 is 15.0 Å². The van der Waals surface area contributed by atoms with Gasteiger partial charge in [0.2, 0.25) is 0 Å². The molecule has 0 fully saturated rings. The summed E-state index contributed by atoms with van der Waals surface area (Å²) >= 11 is 0. The first-order valence-corrected chi connectivity index (χ1v) is 11.1. The number of aromatic amines is 1. The van der Waals surface area contributed by atoms with Crippen molar-refractivity contribution in [2.45, 2.75) is 6.92 Å². The first-order valence-electron chi connectivity index (χ1n) is 11.1. The van der Waals surface area contributed by atoms with Crippen LogP contribution in [0.4, 0.5) is 20.7 Å². The molecule has 5 aromatic rings. The molecule has 0 atom stereocenters. The Morgan fingerprint density at radius 3 is 2.62 bits per heavy atom. The van der Waals surface area contributed by atoms with Crippen LogP contribution in [0.1, 0.15) is 12.6 Å². The summed E-state index contributed by atoms with van der Waals surface area (Å²) in [5.41, 5.74) is 2.38. The topological polar surface area (TPSA) is 127 Å². The number of fused-ring (bicyclic) bond motifs is 1. The first kappa shape index (κ1) is 23.4. The van der Waals surface area contributed by atoms with Gasteiger partial charge in [0.1, 0.15) is 11.3 Å². The fraction of sp³-hybridized carbons (Fsp3) is 0.0385. The van der Waals surface area contributed by atoms with Gasteiger partial charge in [-0.25, -0.2) is 23.8 Å². The van der Waals surface area contributed by atoms with E-state index in [0.29, 0.717) is 11.5 Å². The lowest BCUT2D eigenvalue weighted by atomic mass is 10.2. The molecule has 2 amide bonds. The lowest BCUT2D eigenvalue weighted by Gasteiger charge is -2.12. The molecule has 0 unspecified atom stereocenters. The predicted octanol–water partition coefficient (Wildman–Crippen LogP) is 5.11. The van der Waals surface area contributed by atoms with Gasteiger partial charge in [-0.15, -0.1) is 0 Å². The zero-order chi connectivity index (χ0) is 25.9. The van der Waals surface area contributed by atoms with E-state index >= 15 is 0 Å². The van der Waals surface area contributed by atoms with Crippen molar-refractivity contribution in [2.24, 2.45) is 0 Å². The summed E-state index contributed by atoms with van der Waals surface area (Å²) in [5.74, 6) is -0.191. The predicted molar refractivity (Wildman–Crippen MR) is 138 cm³/mol. The second kappa shape index (κ2) is 9.74. The molecular formula is C26H20FN7O3. The van der Waals surface area contributed by atoms with Crippen molar-refractivity contribution in [1.29, 1.82) is 0 Å². The first-order chi connectivity index (χ1) is 17.9. The van der Waals surface area contributed by atoms with Crippen LogP contribution in [-0.2, 0) is 0 Å². The summed E-state index contributed by atoms with van der Waals surface area (Å²) < 4.78 is 22.1. The Balaban J connectivity index is 1.33. The smallest absolute Gasteiger partial charge is 0.324 e. The molecule has 0 bridgehead atoms. The van der Waals surface area contributed by atoms with E-state index in [1.54, 1.807) is 10.7 Å². The molecule has 0 aliphatic rings. The Hall–Kier alpha value is -5.32. The van der Waals surface area contributed by atoms with Gasteiger partial charge in [0.15, 0.2) is 23.0 Å². The molecule has 5 rings (SSSR count). The standard InChI is InChI=1S/C26H20FN7O3/c1-15(2)19-13-22(34(33-19)17-6-4-3-5-7-17)31-26(36)30-16-8-9-20(18(27)12-16)37-21-10-11-28-25-24(21)29-14-23(35)32-25/h3-14H,1H2,2H3,(H,28,32,35)(H2,30,31,36). The highest BCUT2D eigenvalue weighted by Crippen LogP contribution is 2.30. The van der Waals surface area contributed by atoms with E-state index in [4.69, 9.17) is 4.74 Å². The highest BCUT2D eigenvalue weighted by Gasteiger charge is 2.15. The molecule has 3 heterocycles. The lowest BCUT2D eigenvalue weighted by molar-refractivity contribution is 0.262. The number of nitrogens with zero attached hydrogens (tertiary/aromatic N) is 4. The average molecular weight is 497 g/mol. The second-order valence-corrected chi connectivity index (χ2v) is 8.02. The summed E-state index contributed by atoms with van der Waals surface area (Å²) in [6.45, 7) is 5.73. The number of para-hydroxylation sites is 1. The van der Waals surface area contributed by atoms with Gasteiger partial charge >= 0.3 is 6.03 Å². The normalized spacial score (nSPS) is 10.8. The molecular weight excluding hydrogens is 477 g/mol. The van der Waals surface area contributed by atoms with Crippen molar-refractivity contribution < 1.29 is 13.9 Å². The van der Waals surface area contributed by atoms with Crippen LogP contribution < -0.4 is 20.9 Å². The number of benzene rings is 2. The Morgan fingerprint density at radius 1 is 1.05 bits per heavy atom. The van der Waals surface area contributed by atoms with Crippen LogP contribution in [0.5, 0.6) is 11.5 Å². The van der Waals surface area contributed by atoms with Gasteiger partial charge in [0, 0.05) is 30.1 Å². The van der Waals surface area contributed by atoms with E-state index in [0.717, 1.165) is 23.5 Å². The zero-order valence-electron chi connectivity index (χ0n) is 19.5. The van der Waals surface area contributed by atoms with Gasteiger partial charge in [-0.1, -0.05) is 24.8 Å². The van der Waals surface area contributed by atoms with Crippen LogP contribution in [0.2, 0.25) is 0 Å². The summed E-state index contributed by atoms with van der Waals surface area (Å²) in [6.07, 6.45) is 2.49. The van der Waals surface area contributed by atoms with E-state index in [1.807, 2.05) is 37.3 Å². The lowest BCUT2D eigenvalue weighted by Crippen LogP contribution is -2.21. The quantitative estimate of drug-likeness (QED) is 0.299. The average Bonchev–Trinajstić information content (AvgIpc) is 3.30. The number of nitrogens with one attached hydrogen (secondary N) is 3. The Kier molecular flexibility index (Phi) is 6.17. The number of allylic oxidation sites excluding steroid dienone is 1. The largest absolute Gasteiger partial charge is 0.452 e. The number of H-pyrrole nitrogens is 1. The summed E-state index contributed by atoms with van der Waals surface area (Å²) in [6, 6.07) is 15.9. The van der Waals surface area contributed by atoms with Crippen LogP contribution in [-0.4, -0.2) is 30.8 Å². The Morgan fingerprint density at radius 2 is 1.86 bits per heavy atom. The van der Waals surface area contributed by atoms with Crippen LogP contribution >= 0.6 is 0 Å². The number of halogens is 1. The van der Waals surface area contributed by atoms with Crippen LogP contribution in [0.15, 0.2) is 84.4 Å². The molecule has 0 saturated heterocycles. The molecule has 0 spiro atoms. The van der Waals surface area contributed by atoms with Crippen molar-refractivity contribution >= 4 is 34.3 Å². The zero-order valence-corrected chi connectivity index (χ0v) is 19.5. The molecule has 37 heavy (non-hydrogen) atoms. The number of hydrogen-bond donors (Lipinski definition) is 3. The number of rotatable bonds is 6. The minimum absolute atomic E-state index is 0.0975.